The number of benzene rings is 4. The minimum absolute atomic E-state index is 0.192. The summed E-state index contributed by atoms with van der Waals surface area (Å²) in [5.74, 6) is -0.962. The number of anilines is 2. The molecule has 1 aliphatic heterocycles. The zero-order chi connectivity index (χ0) is 25.6. The van der Waals surface area contributed by atoms with Crippen molar-refractivity contribution in [2.75, 3.05) is 23.3 Å². The quantitative estimate of drug-likeness (QED) is 0.352. The van der Waals surface area contributed by atoms with E-state index in [0.29, 0.717) is 29.9 Å². The average Bonchev–Trinajstić information content (AvgIpc) is 2.93. The van der Waals surface area contributed by atoms with Gasteiger partial charge in [0.15, 0.2) is 0 Å². The predicted molar refractivity (Wildman–Crippen MR) is 144 cm³/mol. The van der Waals surface area contributed by atoms with Gasteiger partial charge in [0, 0.05) is 36.6 Å². The molecule has 2 amide bonds. The van der Waals surface area contributed by atoms with Gasteiger partial charge in [-0.15, -0.1) is 0 Å². The maximum atomic E-state index is 13.4. The van der Waals surface area contributed by atoms with Gasteiger partial charge in [0.25, 0.3) is 11.8 Å². The van der Waals surface area contributed by atoms with Gasteiger partial charge >= 0.3 is 0 Å². The van der Waals surface area contributed by atoms with Crippen molar-refractivity contribution in [2.24, 2.45) is 0 Å². The van der Waals surface area contributed by atoms with E-state index in [9.17, 15) is 14.0 Å². The molecule has 0 aliphatic carbocycles. The van der Waals surface area contributed by atoms with E-state index in [4.69, 9.17) is 0 Å². The molecule has 186 valence electrons. The van der Waals surface area contributed by atoms with Crippen molar-refractivity contribution in [3.05, 3.63) is 131 Å². The second-order valence-corrected chi connectivity index (χ2v) is 9.12. The summed E-state index contributed by atoms with van der Waals surface area (Å²) in [5.41, 5.74) is 5.90. The standard InChI is InChI=1S/C31H28FN3O2/c32-26-12-10-24(11-13-26)30(36)34-27-14-15-29(35-19-17-23-8-4-5-9-25(23)21-35)28(20-27)31(37)33-18-16-22-6-2-1-3-7-22/h1-15,20H,16-19,21H2,(H,33,37)(H,34,36). The fraction of sp³-hybridized carbons (Fsp3) is 0.161. The SMILES string of the molecule is O=C(Nc1ccc(N2CCc3ccccc3C2)c(C(=O)NCCc2ccccc2)c1)c1ccc(F)cc1. The van der Waals surface area contributed by atoms with Crippen LogP contribution in [0.15, 0.2) is 97.1 Å². The first kappa shape index (κ1) is 24.3. The van der Waals surface area contributed by atoms with E-state index in [-0.39, 0.29) is 11.8 Å². The summed E-state index contributed by atoms with van der Waals surface area (Å²) < 4.78 is 13.3. The van der Waals surface area contributed by atoms with Crippen molar-refractivity contribution in [1.82, 2.24) is 5.32 Å². The summed E-state index contributed by atoms with van der Waals surface area (Å²) in [6, 6.07) is 29.1. The Morgan fingerprint density at radius 2 is 1.54 bits per heavy atom. The molecule has 5 nitrogen and oxygen atoms in total. The lowest BCUT2D eigenvalue weighted by molar-refractivity contribution is 0.0953. The third-order valence-corrected chi connectivity index (χ3v) is 6.62. The smallest absolute Gasteiger partial charge is 0.255 e. The molecule has 0 radical (unpaired) electrons. The molecule has 1 heterocycles. The van der Waals surface area contributed by atoms with Crippen LogP contribution in [-0.2, 0) is 19.4 Å². The molecular formula is C31H28FN3O2. The number of carbonyl (C=O) groups excluding carboxylic acids is 2. The van der Waals surface area contributed by atoms with Gasteiger partial charge < -0.3 is 15.5 Å². The summed E-state index contributed by atoms with van der Waals surface area (Å²) >= 11 is 0. The van der Waals surface area contributed by atoms with E-state index in [2.05, 4.69) is 33.7 Å². The summed E-state index contributed by atoms with van der Waals surface area (Å²) in [5, 5.41) is 5.89. The minimum atomic E-state index is -0.404. The van der Waals surface area contributed by atoms with E-state index in [0.717, 1.165) is 30.6 Å². The largest absolute Gasteiger partial charge is 0.366 e. The molecule has 2 N–H and O–H groups in total. The van der Waals surface area contributed by atoms with Gasteiger partial charge in [-0.05, 0) is 72.0 Å². The fourth-order valence-corrected chi connectivity index (χ4v) is 4.64. The summed E-state index contributed by atoms with van der Waals surface area (Å²) in [7, 11) is 0. The zero-order valence-electron chi connectivity index (χ0n) is 20.4. The van der Waals surface area contributed by atoms with Crippen LogP contribution in [0.3, 0.4) is 0 Å². The van der Waals surface area contributed by atoms with Gasteiger partial charge in [-0.1, -0.05) is 54.6 Å². The maximum absolute atomic E-state index is 13.4. The number of hydrogen-bond donors (Lipinski definition) is 2. The summed E-state index contributed by atoms with van der Waals surface area (Å²) in [6.45, 7) is 2.00. The number of hydrogen-bond acceptors (Lipinski definition) is 3. The van der Waals surface area contributed by atoms with Crippen LogP contribution in [0.2, 0.25) is 0 Å². The molecule has 0 fully saturated rings. The third kappa shape index (κ3) is 5.86. The van der Waals surface area contributed by atoms with Crippen LogP contribution in [-0.4, -0.2) is 24.9 Å². The van der Waals surface area contributed by atoms with Gasteiger partial charge in [0.1, 0.15) is 5.82 Å². The Morgan fingerprint density at radius 1 is 0.811 bits per heavy atom. The molecule has 37 heavy (non-hydrogen) atoms. The van der Waals surface area contributed by atoms with Gasteiger partial charge in [-0.2, -0.15) is 0 Å². The number of carbonyl (C=O) groups is 2. The minimum Gasteiger partial charge on any atom is -0.366 e. The highest BCUT2D eigenvalue weighted by Gasteiger charge is 2.22. The molecule has 1 aliphatic rings. The van der Waals surface area contributed by atoms with Crippen molar-refractivity contribution in [3.8, 4) is 0 Å². The topological polar surface area (TPSA) is 61.4 Å². The van der Waals surface area contributed by atoms with Gasteiger partial charge in [-0.3, -0.25) is 9.59 Å². The number of nitrogens with zero attached hydrogens (tertiary/aromatic N) is 1. The van der Waals surface area contributed by atoms with Gasteiger partial charge in [0.05, 0.1) is 5.56 Å². The highest BCUT2D eigenvalue weighted by Crippen LogP contribution is 2.30. The lowest BCUT2D eigenvalue weighted by Crippen LogP contribution is -2.33. The first-order valence-corrected chi connectivity index (χ1v) is 12.4. The Kier molecular flexibility index (Phi) is 7.26. The highest BCUT2D eigenvalue weighted by atomic mass is 19.1. The number of amides is 2. The molecule has 0 unspecified atom stereocenters. The van der Waals surface area contributed by atoms with E-state index >= 15 is 0 Å². The molecule has 0 aromatic heterocycles. The molecule has 0 spiro atoms. The second-order valence-electron chi connectivity index (χ2n) is 9.12. The second kappa shape index (κ2) is 11.1. The number of rotatable bonds is 7. The average molecular weight is 494 g/mol. The number of fused-ring (bicyclic) bond motifs is 1. The first-order chi connectivity index (χ1) is 18.1. The van der Waals surface area contributed by atoms with Gasteiger partial charge in [0.2, 0.25) is 0 Å². The summed E-state index contributed by atoms with van der Waals surface area (Å²) in [6.07, 6.45) is 1.62. The number of halogens is 1. The Labute approximate surface area is 215 Å². The van der Waals surface area contributed by atoms with E-state index < -0.39 is 5.82 Å². The fourth-order valence-electron chi connectivity index (χ4n) is 4.64. The van der Waals surface area contributed by atoms with Gasteiger partial charge in [-0.25, -0.2) is 4.39 Å². The normalized spacial score (nSPS) is 12.5. The molecule has 0 saturated heterocycles. The summed E-state index contributed by atoms with van der Waals surface area (Å²) in [4.78, 5) is 28.3. The molecule has 0 atom stereocenters. The lowest BCUT2D eigenvalue weighted by Gasteiger charge is -2.32. The third-order valence-electron chi connectivity index (χ3n) is 6.62. The van der Waals surface area contributed by atoms with Crippen LogP contribution in [0.25, 0.3) is 0 Å². The van der Waals surface area contributed by atoms with Crippen molar-refractivity contribution < 1.29 is 14.0 Å². The van der Waals surface area contributed by atoms with Crippen LogP contribution >= 0.6 is 0 Å². The molecular weight excluding hydrogens is 465 g/mol. The zero-order valence-corrected chi connectivity index (χ0v) is 20.4. The Balaban J connectivity index is 1.38. The molecule has 6 heteroatoms. The molecule has 0 saturated carbocycles. The van der Waals surface area contributed by atoms with Crippen LogP contribution in [0, 0.1) is 5.82 Å². The molecule has 4 aromatic carbocycles. The van der Waals surface area contributed by atoms with Crippen LogP contribution < -0.4 is 15.5 Å². The Hall–Kier alpha value is -4.45. The van der Waals surface area contributed by atoms with E-state index in [1.54, 1.807) is 12.1 Å². The molecule has 5 rings (SSSR count). The van der Waals surface area contributed by atoms with Crippen molar-refractivity contribution in [2.45, 2.75) is 19.4 Å². The Bertz CT molecular complexity index is 1400. The van der Waals surface area contributed by atoms with Crippen molar-refractivity contribution in [1.29, 1.82) is 0 Å². The molecule has 0 bridgehead atoms. The van der Waals surface area contributed by atoms with Crippen LogP contribution in [0.4, 0.5) is 15.8 Å². The van der Waals surface area contributed by atoms with E-state index in [1.807, 2.05) is 42.5 Å². The molecule has 4 aromatic rings. The van der Waals surface area contributed by atoms with Crippen LogP contribution in [0.1, 0.15) is 37.4 Å². The Morgan fingerprint density at radius 3 is 2.32 bits per heavy atom. The van der Waals surface area contributed by atoms with E-state index in [1.165, 1.54) is 35.4 Å². The first-order valence-electron chi connectivity index (χ1n) is 12.4. The van der Waals surface area contributed by atoms with Crippen molar-refractivity contribution in [3.63, 3.8) is 0 Å². The predicted octanol–water partition coefficient (Wildman–Crippen LogP) is 5.61. The van der Waals surface area contributed by atoms with Crippen LogP contribution in [0.5, 0.6) is 0 Å². The monoisotopic (exact) mass is 493 g/mol. The van der Waals surface area contributed by atoms with Crippen molar-refractivity contribution >= 4 is 23.2 Å². The highest BCUT2D eigenvalue weighted by molar-refractivity contribution is 6.06. The lowest BCUT2D eigenvalue weighted by atomic mass is 9.98. The number of nitrogens with one attached hydrogen (secondary N) is 2. The maximum Gasteiger partial charge on any atom is 0.255 e.